The average Bonchev–Trinajstić information content (AvgIpc) is 3.21. The third kappa shape index (κ3) is 3.27. The molecule has 2 aromatic carbocycles. The number of ether oxygens (including phenoxy) is 1. The first-order valence-corrected chi connectivity index (χ1v) is 9.30. The van der Waals surface area contributed by atoms with Gasteiger partial charge in [-0.2, -0.15) is 0 Å². The topological polar surface area (TPSA) is 74.9 Å². The van der Waals surface area contributed by atoms with E-state index in [1.54, 1.807) is 35.4 Å². The van der Waals surface area contributed by atoms with Crippen molar-refractivity contribution in [2.75, 3.05) is 11.9 Å². The van der Waals surface area contributed by atoms with E-state index >= 15 is 0 Å². The van der Waals surface area contributed by atoms with E-state index in [2.05, 4.69) is 5.32 Å². The van der Waals surface area contributed by atoms with Crippen molar-refractivity contribution in [2.24, 2.45) is 0 Å². The van der Waals surface area contributed by atoms with Crippen LogP contribution < -0.4 is 10.1 Å². The Bertz CT molecular complexity index is 1000. The van der Waals surface area contributed by atoms with Gasteiger partial charge in [0.2, 0.25) is 0 Å². The van der Waals surface area contributed by atoms with Crippen molar-refractivity contribution >= 4 is 23.2 Å². The number of rotatable bonds is 5. The molecule has 4 rings (SSSR count). The lowest BCUT2D eigenvalue weighted by Gasteiger charge is -2.38. The molecule has 0 bridgehead atoms. The molecule has 6 nitrogen and oxygen atoms in total. The number of phenols is 1. The van der Waals surface area contributed by atoms with Crippen LogP contribution in [-0.4, -0.2) is 22.5 Å². The Morgan fingerprint density at radius 1 is 1.25 bits per heavy atom. The van der Waals surface area contributed by atoms with Crippen molar-refractivity contribution in [3.05, 3.63) is 76.7 Å². The largest absolute Gasteiger partial charge is 0.503 e. The zero-order chi connectivity index (χ0) is 19.7. The molecular weight excluding hydrogens is 380 g/mol. The first kappa shape index (κ1) is 18.3. The highest BCUT2D eigenvalue weighted by Crippen LogP contribution is 2.41. The molecule has 0 fully saturated rings. The highest BCUT2D eigenvalue weighted by atomic mass is 35.5. The van der Waals surface area contributed by atoms with Gasteiger partial charge in [-0.1, -0.05) is 23.7 Å². The van der Waals surface area contributed by atoms with Crippen LogP contribution in [-0.2, 0) is 6.54 Å². The maximum atomic E-state index is 13.2. The SMILES string of the molecule is CCOc1cc([C@@H]2Nc3ccccc3C(=O)N2Cc2ccco2)cc(Cl)c1O. The summed E-state index contributed by atoms with van der Waals surface area (Å²) in [5.74, 6) is 0.691. The smallest absolute Gasteiger partial charge is 0.258 e. The van der Waals surface area contributed by atoms with E-state index in [9.17, 15) is 9.90 Å². The summed E-state index contributed by atoms with van der Waals surface area (Å²) in [6.07, 6.45) is 1.06. The van der Waals surface area contributed by atoms with Gasteiger partial charge >= 0.3 is 0 Å². The Morgan fingerprint density at radius 2 is 2.07 bits per heavy atom. The third-order valence-electron chi connectivity index (χ3n) is 4.59. The zero-order valence-electron chi connectivity index (χ0n) is 15.2. The molecule has 2 heterocycles. The van der Waals surface area contributed by atoms with E-state index < -0.39 is 6.17 Å². The van der Waals surface area contributed by atoms with Crippen molar-refractivity contribution in [1.82, 2.24) is 4.90 Å². The van der Waals surface area contributed by atoms with Crippen LogP contribution in [0.25, 0.3) is 0 Å². The number of hydrogen-bond acceptors (Lipinski definition) is 5. The number of halogens is 1. The Balaban J connectivity index is 1.79. The Morgan fingerprint density at radius 3 is 2.82 bits per heavy atom. The molecule has 1 aliphatic heterocycles. The first-order chi connectivity index (χ1) is 13.6. The number of furan rings is 1. The molecule has 7 heteroatoms. The van der Waals surface area contributed by atoms with Crippen molar-refractivity contribution in [3.63, 3.8) is 0 Å². The molecule has 0 unspecified atom stereocenters. The molecule has 144 valence electrons. The summed E-state index contributed by atoms with van der Waals surface area (Å²) < 4.78 is 11.0. The Hall–Kier alpha value is -3.12. The second-order valence-electron chi connectivity index (χ2n) is 6.39. The standard InChI is InChI=1S/C21H19ClN2O4/c1-2-27-18-11-13(10-16(22)19(18)25)20-23-17-8-4-3-7-15(17)21(26)24(20)12-14-6-5-9-28-14/h3-11,20,23,25H,2,12H2,1H3/t20-/m1/s1. The molecule has 1 atom stereocenters. The van der Waals surface area contributed by atoms with Gasteiger partial charge in [0, 0.05) is 11.3 Å². The van der Waals surface area contributed by atoms with Crippen LogP contribution in [0, 0.1) is 0 Å². The van der Waals surface area contributed by atoms with E-state index in [-0.39, 0.29) is 29.0 Å². The molecule has 0 aliphatic carbocycles. The van der Waals surface area contributed by atoms with Crippen LogP contribution >= 0.6 is 11.6 Å². The summed E-state index contributed by atoms with van der Waals surface area (Å²) in [5, 5.41) is 13.7. The Labute approximate surface area is 167 Å². The fourth-order valence-corrected chi connectivity index (χ4v) is 3.53. The Kier molecular flexibility index (Phi) is 4.88. The monoisotopic (exact) mass is 398 g/mol. The van der Waals surface area contributed by atoms with Gasteiger partial charge in [-0.05, 0) is 43.3 Å². The second-order valence-corrected chi connectivity index (χ2v) is 6.79. The minimum atomic E-state index is -0.509. The number of nitrogens with one attached hydrogen (secondary N) is 1. The lowest BCUT2D eigenvalue weighted by atomic mass is 10.0. The molecule has 0 saturated heterocycles. The zero-order valence-corrected chi connectivity index (χ0v) is 15.9. The number of carbonyl (C=O) groups excluding carboxylic acids is 1. The van der Waals surface area contributed by atoms with Crippen LogP contribution in [0.2, 0.25) is 5.02 Å². The number of hydrogen-bond donors (Lipinski definition) is 2. The number of benzene rings is 2. The lowest BCUT2D eigenvalue weighted by molar-refractivity contribution is 0.0651. The van der Waals surface area contributed by atoms with Crippen molar-refractivity contribution in [3.8, 4) is 11.5 Å². The van der Waals surface area contributed by atoms with Gasteiger partial charge in [0.15, 0.2) is 11.5 Å². The number of anilines is 1. The number of para-hydroxylation sites is 1. The summed E-state index contributed by atoms with van der Waals surface area (Å²) >= 11 is 6.22. The van der Waals surface area contributed by atoms with Crippen molar-refractivity contribution in [2.45, 2.75) is 19.6 Å². The fraction of sp³-hybridized carbons (Fsp3) is 0.190. The number of aromatic hydroxyl groups is 1. The first-order valence-electron chi connectivity index (χ1n) is 8.92. The minimum Gasteiger partial charge on any atom is -0.503 e. The minimum absolute atomic E-state index is 0.118. The summed E-state index contributed by atoms with van der Waals surface area (Å²) in [6, 6.07) is 14.3. The van der Waals surface area contributed by atoms with Gasteiger partial charge < -0.3 is 24.5 Å². The molecule has 2 N–H and O–H groups in total. The van der Waals surface area contributed by atoms with Gasteiger partial charge in [0.05, 0.1) is 30.0 Å². The number of amides is 1. The lowest BCUT2D eigenvalue weighted by Crippen LogP contribution is -2.42. The van der Waals surface area contributed by atoms with E-state index in [4.69, 9.17) is 20.8 Å². The van der Waals surface area contributed by atoms with Gasteiger partial charge in [-0.25, -0.2) is 0 Å². The number of carbonyl (C=O) groups is 1. The molecular formula is C21H19ClN2O4. The van der Waals surface area contributed by atoms with Crippen LogP contribution in [0.1, 0.15) is 34.8 Å². The number of phenolic OH excluding ortho intramolecular Hbond substituents is 1. The molecule has 28 heavy (non-hydrogen) atoms. The predicted octanol–water partition coefficient (Wildman–Crippen LogP) is 4.80. The summed E-state index contributed by atoms with van der Waals surface area (Å²) in [7, 11) is 0. The molecule has 3 aromatic rings. The maximum Gasteiger partial charge on any atom is 0.258 e. The van der Waals surface area contributed by atoms with Gasteiger partial charge in [-0.3, -0.25) is 4.79 Å². The van der Waals surface area contributed by atoms with Crippen molar-refractivity contribution < 1.29 is 19.1 Å². The summed E-state index contributed by atoms with van der Waals surface area (Å²) in [6.45, 7) is 2.48. The third-order valence-corrected chi connectivity index (χ3v) is 4.88. The number of nitrogens with zero attached hydrogens (tertiary/aromatic N) is 1. The van der Waals surface area contributed by atoms with E-state index in [0.29, 0.717) is 23.5 Å². The van der Waals surface area contributed by atoms with E-state index in [0.717, 1.165) is 5.69 Å². The molecule has 1 aromatic heterocycles. The van der Waals surface area contributed by atoms with E-state index in [1.165, 1.54) is 0 Å². The van der Waals surface area contributed by atoms with Crippen LogP contribution in [0.15, 0.2) is 59.2 Å². The van der Waals surface area contributed by atoms with Crippen LogP contribution in [0.4, 0.5) is 5.69 Å². The molecule has 1 amide bonds. The van der Waals surface area contributed by atoms with Gasteiger partial charge in [0.1, 0.15) is 11.9 Å². The maximum absolute atomic E-state index is 13.2. The summed E-state index contributed by atoms with van der Waals surface area (Å²) in [5.41, 5.74) is 2.01. The highest BCUT2D eigenvalue weighted by molar-refractivity contribution is 6.32. The normalized spacial score (nSPS) is 15.9. The highest BCUT2D eigenvalue weighted by Gasteiger charge is 2.34. The molecule has 0 saturated carbocycles. The quantitative estimate of drug-likeness (QED) is 0.645. The van der Waals surface area contributed by atoms with Crippen LogP contribution in [0.3, 0.4) is 0 Å². The van der Waals surface area contributed by atoms with Gasteiger partial charge in [-0.15, -0.1) is 0 Å². The van der Waals surface area contributed by atoms with Crippen molar-refractivity contribution in [1.29, 1.82) is 0 Å². The molecule has 0 spiro atoms. The predicted molar refractivity (Wildman–Crippen MR) is 106 cm³/mol. The second kappa shape index (κ2) is 7.48. The van der Waals surface area contributed by atoms with Crippen LogP contribution in [0.5, 0.6) is 11.5 Å². The fourth-order valence-electron chi connectivity index (χ4n) is 3.31. The summed E-state index contributed by atoms with van der Waals surface area (Å²) in [4.78, 5) is 14.9. The number of fused-ring (bicyclic) bond motifs is 1. The molecule has 0 radical (unpaired) electrons. The molecule has 1 aliphatic rings. The van der Waals surface area contributed by atoms with Gasteiger partial charge in [0.25, 0.3) is 5.91 Å². The average molecular weight is 399 g/mol. The van der Waals surface area contributed by atoms with E-state index in [1.807, 2.05) is 31.2 Å².